The van der Waals surface area contributed by atoms with Gasteiger partial charge < -0.3 is 15.4 Å². The molecular formula is C17H32N2O2. The molecule has 0 spiro atoms. The van der Waals surface area contributed by atoms with Crippen molar-refractivity contribution in [3.63, 3.8) is 0 Å². The van der Waals surface area contributed by atoms with Gasteiger partial charge in [0.15, 0.2) is 0 Å². The lowest BCUT2D eigenvalue weighted by molar-refractivity contribution is -0.0242. The van der Waals surface area contributed by atoms with E-state index >= 15 is 0 Å². The Hall–Kier alpha value is -0.770. The van der Waals surface area contributed by atoms with Crippen LogP contribution in [0.5, 0.6) is 0 Å². The molecule has 1 saturated heterocycles. The van der Waals surface area contributed by atoms with Gasteiger partial charge in [-0.05, 0) is 59.4 Å². The number of amides is 1. The lowest BCUT2D eigenvalue weighted by atomic mass is 9.66. The van der Waals surface area contributed by atoms with Gasteiger partial charge in [-0.3, -0.25) is 0 Å². The summed E-state index contributed by atoms with van der Waals surface area (Å²) in [4.78, 5) is 14.6. The third-order valence-electron chi connectivity index (χ3n) is 5.09. The predicted octanol–water partition coefficient (Wildman–Crippen LogP) is 3.69. The molecule has 2 N–H and O–H groups in total. The summed E-state index contributed by atoms with van der Waals surface area (Å²) in [6.07, 6.45) is 9.33. The average molecular weight is 296 g/mol. The molecule has 21 heavy (non-hydrogen) atoms. The van der Waals surface area contributed by atoms with Gasteiger partial charge >= 0.3 is 6.09 Å². The topological polar surface area (TPSA) is 55.6 Å². The van der Waals surface area contributed by atoms with Gasteiger partial charge in [0, 0.05) is 18.0 Å². The number of hydrogen-bond acceptors (Lipinski definition) is 3. The Balaban J connectivity index is 2.16. The Morgan fingerprint density at radius 1 is 1.19 bits per heavy atom. The first kappa shape index (κ1) is 16.6. The molecule has 2 rings (SSSR count). The summed E-state index contributed by atoms with van der Waals surface area (Å²) in [6, 6.07) is 0.270. The van der Waals surface area contributed by atoms with Crippen LogP contribution in [0.15, 0.2) is 0 Å². The second kappa shape index (κ2) is 6.55. The first-order valence-electron chi connectivity index (χ1n) is 8.58. The van der Waals surface area contributed by atoms with Gasteiger partial charge in [-0.25, -0.2) is 4.79 Å². The van der Waals surface area contributed by atoms with E-state index in [4.69, 9.17) is 10.5 Å². The molecule has 1 unspecified atom stereocenters. The summed E-state index contributed by atoms with van der Waals surface area (Å²) in [6.45, 7) is 7.31. The molecular weight excluding hydrogens is 264 g/mol. The summed E-state index contributed by atoms with van der Waals surface area (Å²) < 4.78 is 5.63. The first-order chi connectivity index (χ1) is 9.88. The van der Waals surface area contributed by atoms with Crippen LogP contribution in [-0.2, 0) is 4.74 Å². The number of ether oxygens (including phenoxy) is 1. The molecule has 4 heteroatoms. The second-order valence-corrected chi connectivity index (χ2v) is 7.81. The van der Waals surface area contributed by atoms with Gasteiger partial charge in [0.25, 0.3) is 0 Å². The molecule has 1 amide bonds. The minimum Gasteiger partial charge on any atom is -0.444 e. The summed E-state index contributed by atoms with van der Waals surface area (Å²) in [5.74, 6) is 0. The second-order valence-electron chi connectivity index (χ2n) is 7.81. The fourth-order valence-electron chi connectivity index (χ4n) is 4.04. The molecule has 1 atom stereocenters. The zero-order chi connectivity index (χ0) is 15.5. The largest absolute Gasteiger partial charge is 0.444 e. The van der Waals surface area contributed by atoms with Crippen LogP contribution in [0.3, 0.4) is 0 Å². The Morgan fingerprint density at radius 3 is 2.43 bits per heavy atom. The Labute approximate surface area is 129 Å². The maximum atomic E-state index is 12.6. The minimum absolute atomic E-state index is 0.121. The molecule has 0 radical (unpaired) electrons. The van der Waals surface area contributed by atoms with Crippen LogP contribution in [0.2, 0.25) is 0 Å². The van der Waals surface area contributed by atoms with E-state index in [0.717, 1.165) is 32.2 Å². The van der Waals surface area contributed by atoms with Crippen LogP contribution < -0.4 is 5.73 Å². The standard InChI is InChI=1S/C17H32N2O2/c1-16(2,3)21-15(20)19-12-8-5-9-14(19)17(13-18)10-6-4-7-11-17/h14H,4-13,18H2,1-3H3. The highest BCUT2D eigenvalue weighted by molar-refractivity contribution is 5.68. The highest BCUT2D eigenvalue weighted by Gasteiger charge is 2.45. The van der Waals surface area contributed by atoms with E-state index in [9.17, 15) is 4.79 Å². The number of hydrogen-bond donors (Lipinski definition) is 1. The highest BCUT2D eigenvalue weighted by Crippen LogP contribution is 2.44. The van der Waals surface area contributed by atoms with Crippen LogP contribution in [-0.4, -0.2) is 35.7 Å². The van der Waals surface area contributed by atoms with Crippen molar-refractivity contribution in [3.8, 4) is 0 Å². The van der Waals surface area contributed by atoms with E-state index in [1.807, 2.05) is 25.7 Å². The number of carbonyl (C=O) groups excluding carboxylic acids is 1. The van der Waals surface area contributed by atoms with E-state index in [2.05, 4.69) is 0 Å². The van der Waals surface area contributed by atoms with Crippen LogP contribution in [0.4, 0.5) is 4.79 Å². The smallest absolute Gasteiger partial charge is 0.410 e. The fourth-order valence-corrected chi connectivity index (χ4v) is 4.04. The molecule has 122 valence electrons. The van der Waals surface area contributed by atoms with Crippen molar-refractivity contribution in [2.75, 3.05) is 13.1 Å². The van der Waals surface area contributed by atoms with Gasteiger partial charge in [0.1, 0.15) is 5.60 Å². The van der Waals surface area contributed by atoms with Crippen molar-refractivity contribution in [1.82, 2.24) is 4.90 Å². The van der Waals surface area contributed by atoms with Crippen LogP contribution in [0.25, 0.3) is 0 Å². The molecule has 0 aromatic heterocycles. The molecule has 0 aromatic carbocycles. The summed E-state index contributed by atoms with van der Waals surface area (Å²) in [5, 5.41) is 0. The Bertz CT molecular complexity index is 356. The molecule has 1 aliphatic carbocycles. The zero-order valence-electron chi connectivity index (χ0n) is 14.0. The van der Waals surface area contributed by atoms with Crippen molar-refractivity contribution >= 4 is 6.09 Å². The van der Waals surface area contributed by atoms with Gasteiger partial charge in [-0.1, -0.05) is 19.3 Å². The number of nitrogens with two attached hydrogens (primary N) is 1. The average Bonchev–Trinajstić information content (AvgIpc) is 2.46. The van der Waals surface area contributed by atoms with Gasteiger partial charge in [0.05, 0.1) is 0 Å². The number of likely N-dealkylation sites (tertiary alicyclic amines) is 1. The van der Waals surface area contributed by atoms with E-state index in [-0.39, 0.29) is 17.6 Å². The maximum Gasteiger partial charge on any atom is 0.410 e. The summed E-state index contributed by atoms with van der Waals surface area (Å²) >= 11 is 0. The van der Waals surface area contributed by atoms with Crippen molar-refractivity contribution in [1.29, 1.82) is 0 Å². The van der Waals surface area contributed by atoms with Crippen LogP contribution in [0.1, 0.15) is 72.1 Å². The van der Waals surface area contributed by atoms with Crippen LogP contribution >= 0.6 is 0 Å². The van der Waals surface area contributed by atoms with Gasteiger partial charge in [-0.15, -0.1) is 0 Å². The van der Waals surface area contributed by atoms with Crippen molar-refractivity contribution in [3.05, 3.63) is 0 Å². The summed E-state index contributed by atoms with van der Waals surface area (Å²) in [5.41, 5.74) is 5.87. The van der Waals surface area contributed by atoms with Crippen molar-refractivity contribution in [2.24, 2.45) is 11.1 Å². The van der Waals surface area contributed by atoms with E-state index in [1.54, 1.807) is 0 Å². The minimum atomic E-state index is -0.429. The number of carbonyl (C=O) groups is 1. The number of piperidine rings is 1. The lowest BCUT2D eigenvalue weighted by Crippen LogP contribution is -2.57. The van der Waals surface area contributed by atoms with Crippen molar-refractivity contribution < 1.29 is 9.53 Å². The van der Waals surface area contributed by atoms with Gasteiger partial charge in [-0.2, -0.15) is 0 Å². The van der Waals surface area contributed by atoms with Gasteiger partial charge in [0.2, 0.25) is 0 Å². The number of rotatable bonds is 2. The Morgan fingerprint density at radius 2 is 1.86 bits per heavy atom. The molecule has 2 aliphatic rings. The maximum absolute atomic E-state index is 12.6. The lowest BCUT2D eigenvalue weighted by Gasteiger charge is -2.49. The molecule has 0 bridgehead atoms. The molecule has 0 aromatic rings. The molecule has 1 saturated carbocycles. The molecule has 4 nitrogen and oxygen atoms in total. The van der Waals surface area contributed by atoms with E-state index < -0.39 is 5.60 Å². The first-order valence-corrected chi connectivity index (χ1v) is 8.58. The number of nitrogens with zero attached hydrogens (tertiary/aromatic N) is 1. The molecule has 1 aliphatic heterocycles. The van der Waals surface area contributed by atoms with E-state index in [0.29, 0.717) is 6.54 Å². The third kappa shape index (κ3) is 3.91. The molecule has 1 heterocycles. The summed E-state index contributed by atoms with van der Waals surface area (Å²) in [7, 11) is 0. The Kier molecular flexibility index (Phi) is 5.18. The zero-order valence-corrected chi connectivity index (χ0v) is 14.0. The quantitative estimate of drug-likeness (QED) is 0.845. The monoisotopic (exact) mass is 296 g/mol. The van der Waals surface area contributed by atoms with Crippen LogP contribution in [0, 0.1) is 5.41 Å². The SMILES string of the molecule is CC(C)(C)OC(=O)N1CCCCC1C1(CN)CCCCC1. The highest BCUT2D eigenvalue weighted by atomic mass is 16.6. The third-order valence-corrected chi connectivity index (χ3v) is 5.09. The van der Waals surface area contributed by atoms with Crippen molar-refractivity contribution in [2.45, 2.75) is 83.8 Å². The molecule has 2 fully saturated rings. The van der Waals surface area contributed by atoms with E-state index in [1.165, 1.54) is 25.7 Å². The fraction of sp³-hybridized carbons (Fsp3) is 0.941. The predicted molar refractivity (Wildman–Crippen MR) is 85.2 cm³/mol. The normalized spacial score (nSPS) is 26.5.